The zero-order valence-corrected chi connectivity index (χ0v) is 16.1. The second-order valence-corrected chi connectivity index (χ2v) is 7.56. The number of H-pyrrole nitrogens is 1. The van der Waals surface area contributed by atoms with E-state index in [9.17, 15) is 4.79 Å². The maximum absolute atomic E-state index is 12.9. The van der Waals surface area contributed by atoms with E-state index in [0.717, 1.165) is 41.9 Å². The third-order valence-corrected chi connectivity index (χ3v) is 5.40. The largest absolute Gasteiger partial charge is 0.338 e. The number of amides is 1. The fourth-order valence-electron chi connectivity index (χ4n) is 3.90. The van der Waals surface area contributed by atoms with Crippen molar-refractivity contribution in [2.24, 2.45) is 5.92 Å². The molecule has 5 rings (SSSR count). The van der Waals surface area contributed by atoms with Crippen LogP contribution in [0.2, 0.25) is 0 Å². The van der Waals surface area contributed by atoms with Crippen molar-refractivity contribution in [3.05, 3.63) is 54.7 Å². The number of fused-ring (bicyclic) bond motifs is 1. The summed E-state index contributed by atoms with van der Waals surface area (Å²) in [6.07, 6.45) is 9.06. The Kier molecular flexibility index (Phi) is 4.31. The molecule has 146 valence electrons. The highest BCUT2D eigenvalue weighted by molar-refractivity contribution is 5.97. The molecule has 0 unspecified atom stereocenters. The van der Waals surface area contributed by atoms with Gasteiger partial charge in [0.15, 0.2) is 5.82 Å². The topological polar surface area (TPSA) is 92.6 Å². The number of piperidine rings is 1. The highest BCUT2D eigenvalue weighted by Gasteiger charge is 2.22. The van der Waals surface area contributed by atoms with Gasteiger partial charge in [-0.1, -0.05) is 6.92 Å². The van der Waals surface area contributed by atoms with E-state index in [4.69, 9.17) is 0 Å². The van der Waals surface area contributed by atoms with Crippen molar-refractivity contribution < 1.29 is 4.79 Å². The Balaban J connectivity index is 1.43. The molecule has 1 aliphatic heterocycles. The molecule has 29 heavy (non-hydrogen) atoms. The first kappa shape index (κ1) is 17.5. The maximum Gasteiger partial charge on any atom is 0.255 e. The minimum absolute atomic E-state index is 0.0632. The molecule has 1 aliphatic rings. The highest BCUT2D eigenvalue weighted by Crippen LogP contribution is 2.22. The van der Waals surface area contributed by atoms with Crippen LogP contribution in [0.5, 0.6) is 0 Å². The second-order valence-electron chi connectivity index (χ2n) is 7.56. The molecule has 0 radical (unpaired) electrons. The van der Waals surface area contributed by atoms with Crippen LogP contribution in [-0.4, -0.2) is 53.6 Å². The molecule has 0 spiro atoms. The summed E-state index contributed by atoms with van der Waals surface area (Å²) in [6, 6.07) is 7.73. The number of aromatic nitrogens is 6. The fourth-order valence-corrected chi connectivity index (χ4v) is 3.90. The summed E-state index contributed by atoms with van der Waals surface area (Å²) < 4.78 is 1.91. The second kappa shape index (κ2) is 7.12. The number of carbonyl (C=O) groups excluding carboxylic acids is 1. The summed E-state index contributed by atoms with van der Waals surface area (Å²) in [5.74, 6) is 2.04. The molecule has 1 atom stereocenters. The van der Waals surface area contributed by atoms with Crippen molar-refractivity contribution in [3.63, 3.8) is 0 Å². The number of pyridine rings is 2. The van der Waals surface area contributed by atoms with Crippen LogP contribution in [0.1, 0.15) is 30.1 Å². The summed E-state index contributed by atoms with van der Waals surface area (Å²) in [7, 11) is 0. The lowest BCUT2D eigenvalue weighted by atomic mass is 9.99. The van der Waals surface area contributed by atoms with Gasteiger partial charge in [-0.2, -0.15) is 5.10 Å². The highest BCUT2D eigenvalue weighted by atomic mass is 16.2. The summed E-state index contributed by atoms with van der Waals surface area (Å²) in [5.41, 5.74) is 2.27. The van der Waals surface area contributed by atoms with Crippen LogP contribution in [-0.2, 0) is 0 Å². The third kappa shape index (κ3) is 3.26. The predicted molar refractivity (Wildman–Crippen MR) is 109 cm³/mol. The zero-order valence-electron chi connectivity index (χ0n) is 16.1. The summed E-state index contributed by atoms with van der Waals surface area (Å²) >= 11 is 0. The van der Waals surface area contributed by atoms with E-state index in [0.29, 0.717) is 17.3 Å². The third-order valence-electron chi connectivity index (χ3n) is 5.40. The van der Waals surface area contributed by atoms with E-state index in [1.807, 2.05) is 39.9 Å². The molecule has 0 bridgehead atoms. The monoisotopic (exact) mass is 387 g/mol. The van der Waals surface area contributed by atoms with Crippen molar-refractivity contribution in [3.8, 4) is 17.2 Å². The minimum Gasteiger partial charge on any atom is -0.338 e. The Bertz CT molecular complexity index is 1150. The molecule has 0 aliphatic carbocycles. The van der Waals surface area contributed by atoms with Crippen LogP contribution >= 0.6 is 0 Å². The Morgan fingerprint density at radius 3 is 2.86 bits per heavy atom. The SMILES string of the molecule is C[C@H]1CCCN(C(=O)c2cnc3c(ccn3-c3ccc(-c4ncn[nH]4)cn3)c2)C1. The molecule has 1 amide bonds. The molecule has 4 aromatic heterocycles. The van der Waals surface area contributed by atoms with Gasteiger partial charge in [0, 0.05) is 42.6 Å². The van der Waals surface area contributed by atoms with Crippen molar-refractivity contribution >= 4 is 16.9 Å². The fraction of sp³-hybridized carbons (Fsp3) is 0.286. The minimum atomic E-state index is 0.0632. The molecule has 5 heterocycles. The van der Waals surface area contributed by atoms with Gasteiger partial charge in [0.25, 0.3) is 5.91 Å². The molecule has 8 heteroatoms. The molecular formula is C21H21N7O. The molecule has 8 nitrogen and oxygen atoms in total. The smallest absolute Gasteiger partial charge is 0.255 e. The predicted octanol–water partition coefficient (Wildman–Crippen LogP) is 3.08. The summed E-state index contributed by atoms with van der Waals surface area (Å²) in [5, 5.41) is 7.61. The van der Waals surface area contributed by atoms with E-state index in [1.54, 1.807) is 12.4 Å². The van der Waals surface area contributed by atoms with Crippen LogP contribution in [0.3, 0.4) is 0 Å². The lowest BCUT2D eigenvalue weighted by molar-refractivity contribution is 0.0683. The molecular weight excluding hydrogens is 366 g/mol. The maximum atomic E-state index is 12.9. The van der Waals surface area contributed by atoms with Crippen molar-refractivity contribution in [2.45, 2.75) is 19.8 Å². The van der Waals surface area contributed by atoms with Gasteiger partial charge in [-0.25, -0.2) is 15.0 Å². The number of hydrogen-bond donors (Lipinski definition) is 1. The van der Waals surface area contributed by atoms with E-state index in [1.165, 1.54) is 12.7 Å². The molecule has 0 aromatic carbocycles. The molecule has 1 saturated heterocycles. The van der Waals surface area contributed by atoms with Crippen molar-refractivity contribution in [2.75, 3.05) is 13.1 Å². The van der Waals surface area contributed by atoms with Gasteiger partial charge >= 0.3 is 0 Å². The van der Waals surface area contributed by atoms with Gasteiger partial charge in [-0.05, 0) is 43.0 Å². The number of rotatable bonds is 3. The van der Waals surface area contributed by atoms with Gasteiger partial charge in [-0.15, -0.1) is 0 Å². The average Bonchev–Trinajstić information content (AvgIpc) is 3.43. The summed E-state index contributed by atoms with van der Waals surface area (Å²) in [6.45, 7) is 3.84. The summed E-state index contributed by atoms with van der Waals surface area (Å²) in [4.78, 5) is 28.0. The van der Waals surface area contributed by atoms with Crippen LogP contribution < -0.4 is 0 Å². The quantitative estimate of drug-likeness (QED) is 0.583. The normalized spacial score (nSPS) is 17.0. The lowest BCUT2D eigenvalue weighted by Crippen LogP contribution is -2.39. The Hall–Kier alpha value is -3.55. The molecule has 1 N–H and O–H groups in total. The van der Waals surface area contributed by atoms with Gasteiger partial charge < -0.3 is 4.90 Å². The van der Waals surface area contributed by atoms with Gasteiger partial charge in [0.2, 0.25) is 0 Å². The Morgan fingerprint density at radius 1 is 1.17 bits per heavy atom. The molecule has 1 fully saturated rings. The van der Waals surface area contributed by atoms with Crippen LogP contribution in [0.25, 0.3) is 28.2 Å². The van der Waals surface area contributed by atoms with Crippen LogP contribution in [0.15, 0.2) is 49.2 Å². The molecule has 0 saturated carbocycles. The van der Waals surface area contributed by atoms with Gasteiger partial charge in [-0.3, -0.25) is 14.5 Å². The number of nitrogens with zero attached hydrogens (tertiary/aromatic N) is 6. The molecule has 4 aromatic rings. The lowest BCUT2D eigenvalue weighted by Gasteiger charge is -2.30. The Labute approximate surface area is 167 Å². The van der Waals surface area contributed by atoms with Gasteiger partial charge in [0.05, 0.1) is 5.56 Å². The average molecular weight is 387 g/mol. The first-order chi connectivity index (χ1) is 14.2. The number of aromatic amines is 1. The van der Waals surface area contributed by atoms with Crippen molar-refractivity contribution in [1.82, 2.24) is 34.6 Å². The van der Waals surface area contributed by atoms with Crippen LogP contribution in [0.4, 0.5) is 0 Å². The van der Waals surface area contributed by atoms with E-state index in [-0.39, 0.29) is 5.91 Å². The standard InChI is InChI=1S/C21H21N7O/c1-14-3-2-7-27(12-14)21(29)17-9-15-6-8-28(20(15)23-11-17)18-5-4-16(10-22-18)19-24-13-25-26-19/h4-6,8-11,13-14H,2-3,7,12H2,1H3,(H,24,25,26)/t14-/m0/s1. The number of likely N-dealkylation sites (tertiary alicyclic amines) is 1. The van der Waals surface area contributed by atoms with E-state index >= 15 is 0 Å². The zero-order chi connectivity index (χ0) is 19.8. The number of nitrogens with one attached hydrogen (secondary N) is 1. The first-order valence-electron chi connectivity index (χ1n) is 9.77. The number of carbonyl (C=O) groups is 1. The Morgan fingerprint density at radius 2 is 2.10 bits per heavy atom. The van der Waals surface area contributed by atoms with Crippen LogP contribution in [0, 0.1) is 5.92 Å². The van der Waals surface area contributed by atoms with Gasteiger partial charge in [0.1, 0.15) is 17.8 Å². The van der Waals surface area contributed by atoms with E-state index < -0.39 is 0 Å². The van der Waals surface area contributed by atoms with Crippen molar-refractivity contribution in [1.29, 1.82) is 0 Å². The first-order valence-corrected chi connectivity index (χ1v) is 9.77. The van der Waals surface area contributed by atoms with E-state index in [2.05, 4.69) is 32.1 Å². The number of hydrogen-bond acceptors (Lipinski definition) is 5.